The Bertz CT molecular complexity index is 673. The molecule has 2 N–H and O–H groups in total. The summed E-state index contributed by atoms with van der Waals surface area (Å²) in [6.07, 6.45) is 0. The molecule has 0 aromatic carbocycles. The fourth-order valence-corrected chi connectivity index (χ4v) is 2.38. The first-order chi connectivity index (χ1) is 8.31. The van der Waals surface area contributed by atoms with Gasteiger partial charge in [0.15, 0.2) is 5.65 Å². The zero-order valence-electron chi connectivity index (χ0n) is 10.1. The quantitative estimate of drug-likeness (QED) is 0.627. The van der Waals surface area contributed by atoms with Gasteiger partial charge in [0, 0.05) is 6.07 Å². The summed E-state index contributed by atoms with van der Waals surface area (Å²) in [7, 11) is 0. The molecule has 2 aromatic rings. The van der Waals surface area contributed by atoms with Crippen molar-refractivity contribution >= 4 is 23.4 Å². The van der Waals surface area contributed by atoms with Gasteiger partial charge < -0.3 is 5.11 Å². The van der Waals surface area contributed by atoms with Crippen molar-refractivity contribution < 1.29 is 9.90 Å². The normalized spacial score (nSPS) is 11.9. The van der Waals surface area contributed by atoms with Gasteiger partial charge in [-0.3, -0.25) is 4.79 Å². The van der Waals surface area contributed by atoms with Crippen LogP contribution in [0, 0.1) is 6.92 Å². The van der Waals surface area contributed by atoms with Crippen molar-refractivity contribution in [3.05, 3.63) is 22.4 Å². The molecule has 0 radical (unpaired) electrons. The van der Waals surface area contributed by atoms with E-state index in [1.54, 1.807) is 26.8 Å². The standard InChI is InChI=1S/C10H12N4O3S/c1-5-11-7(18-10(2,3)8(15)16)4-6-12-13-9(17)14(5)6/h4H,1-3H3,(H,13,17)(H,15,16). The number of carboxylic acids is 1. The third kappa shape index (κ3) is 2.10. The highest BCUT2D eigenvalue weighted by Crippen LogP contribution is 2.31. The lowest BCUT2D eigenvalue weighted by atomic mass is 10.2. The van der Waals surface area contributed by atoms with Gasteiger partial charge in [-0.2, -0.15) is 5.10 Å². The molecule has 7 nitrogen and oxygen atoms in total. The fourth-order valence-electron chi connectivity index (χ4n) is 1.43. The van der Waals surface area contributed by atoms with Crippen LogP contribution in [-0.4, -0.2) is 35.4 Å². The molecule has 0 spiro atoms. The fraction of sp³-hybridized carbons (Fsp3) is 0.400. The molecule has 0 amide bonds. The van der Waals surface area contributed by atoms with Crippen LogP contribution in [0.5, 0.6) is 0 Å². The highest BCUT2D eigenvalue weighted by atomic mass is 32.2. The third-order valence-electron chi connectivity index (χ3n) is 2.42. The van der Waals surface area contributed by atoms with E-state index < -0.39 is 10.7 Å². The molecule has 0 unspecified atom stereocenters. The van der Waals surface area contributed by atoms with E-state index >= 15 is 0 Å². The molecule has 2 heterocycles. The van der Waals surface area contributed by atoms with Gasteiger partial charge in [-0.1, -0.05) is 11.8 Å². The lowest BCUT2D eigenvalue weighted by molar-refractivity contribution is -0.138. The van der Waals surface area contributed by atoms with E-state index in [0.29, 0.717) is 16.5 Å². The highest BCUT2D eigenvalue weighted by molar-refractivity contribution is 8.01. The van der Waals surface area contributed by atoms with Gasteiger partial charge in [-0.05, 0) is 20.8 Å². The maximum absolute atomic E-state index is 11.4. The van der Waals surface area contributed by atoms with Gasteiger partial charge in [-0.25, -0.2) is 19.3 Å². The van der Waals surface area contributed by atoms with E-state index in [-0.39, 0.29) is 5.69 Å². The Morgan fingerprint density at radius 1 is 1.56 bits per heavy atom. The summed E-state index contributed by atoms with van der Waals surface area (Å²) in [5, 5.41) is 15.7. The van der Waals surface area contributed by atoms with Crippen LogP contribution in [0.2, 0.25) is 0 Å². The van der Waals surface area contributed by atoms with Gasteiger partial charge in [0.05, 0.1) is 0 Å². The summed E-state index contributed by atoms with van der Waals surface area (Å²) >= 11 is 1.11. The second-order valence-electron chi connectivity index (χ2n) is 4.28. The van der Waals surface area contributed by atoms with Gasteiger partial charge in [0.2, 0.25) is 0 Å². The first-order valence-corrected chi connectivity index (χ1v) is 6.00. The first-order valence-electron chi connectivity index (χ1n) is 5.18. The molecule has 0 atom stereocenters. The summed E-state index contributed by atoms with van der Waals surface area (Å²) in [5.74, 6) is -0.457. The Kier molecular flexibility index (Phi) is 2.89. The second-order valence-corrected chi connectivity index (χ2v) is 5.92. The van der Waals surface area contributed by atoms with Crippen molar-refractivity contribution in [3.8, 4) is 0 Å². The average molecular weight is 268 g/mol. The lowest BCUT2D eigenvalue weighted by Gasteiger charge is -2.17. The number of rotatable bonds is 3. The molecule has 8 heteroatoms. The number of nitrogens with one attached hydrogen (secondary N) is 1. The molecular weight excluding hydrogens is 256 g/mol. The van der Waals surface area contributed by atoms with Crippen molar-refractivity contribution in [2.24, 2.45) is 0 Å². The SMILES string of the molecule is Cc1nc(SC(C)(C)C(=O)O)cc2n[nH]c(=O)n12. The minimum Gasteiger partial charge on any atom is -0.480 e. The van der Waals surface area contributed by atoms with E-state index in [1.165, 1.54) is 4.40 Å². The van der Waals surface area contributed by atoms with Crippen LogP contribution in [0.4, 0.5) is 0 Å². The monoisotopic (exact) mass is 268 g/mol. The molecule has 0 bridgehead atoms. The van der Waals surface area contributed by atoms with Crippen LogP contribution in [0.1, 0.15) is 19.7 Å². The average Bonchev–Trinajstić information content (AvgIpc) is 2.59. The van der Waals surface area contributed by atoms with E-state index in [2.05, 4.69) is 15.2 Å². The first kappa shape index (κ1) is 12.6. The molecule has 2 rings (SSSR count). The number of aromatic amines is 1. The molecule has 2 aromatic heterocycles. The number of nitrogens with zero attached hydrogens (tertiary/aromatic N) is 3. The Morgan fingerprint density at radius 3 is 2.83 bits per heavy atom. The molecule has 18 heavy (non-hydrogen) atoms. The summed E-state index contributed by atoms with van der Waals surface area (Å²) in [5.41, 5.74) is 0.0697. The highest BCUT2D eigenvalue weighted by Gasteiger charge is 2.29. The molecule has 96 valence electrons. The Hall–Kier alpha value is -1.83. The van der Waals surface area contributed by atoms with Crippen LogP contribution >= 0.6 is 11.8 Å². The number of thioether (sulfide) groups is 1. The smallest absolute Gasteiger partial charge is 0.349 e. The van der Waals surface area contributed by atoms with Crippen molar-refractivity contribution in [3.63, 3.8) is 0 Å². The zero-order valence-corrected chi connectivity index (χ0v) is 10.9. The molecule has 0 aliphatic heterocycles. The largest absolute Gasteiger partial charge is 0.480 e. The number of hydrogen-bond donors (Lipinski definition) is 2. The maximum atomic E-state index is 11.4. The Labute approximate surface area is 106 Å². The van der Waals surface area contributed by atoms with Crippen molar-refractivity contribution in [1.29, 1.82) is 0 Å². The number of H-pyrrole nitrogens is 1. The minimum absolute atomic E-state index is 0.357. The van der Waals surface area contributed by atoms with Crippen LogP contribution in [0.3, 0.4) is 0 Å². The van der Waals surface area contributed by atoms with Crippen LogP contribution in [0.25, 0.3) is 5.65 Å². The number of aliphatic carboxylic acids is 1. The maximum Gasteiger partial charge on any atom is 0.349 e. The topological polar surface area (TPSA) is 100 Å². The van der Waals surface area contributed by atoms with Crippen molar-refractivity contribution in [2.75, 3.05) is 0 Å². The van der Waals surface area contributed by atoms with Gasteiger partial charge in [-0.15, -0.1) is 0 Å². The molecule has 0 fully saturated rings. The number of aryl methyl sites for hydroxylation is 1. The van der Waals surface area contributed by atoms with Gasteiger partial charge >= 0.3 is 11.7 Å². The predicted octanol–water partition coefficient (Wildman–Crippen LogP) is 0.681. The summed E-state index contributed by atoms with van der Waals surface area (Å²) in [6, 6.07) is 1.58. The van der Waals surface area contributed by atoms with Crippen LogP contribution in [0.15, 0.2) is 15.9 Å². The second kappa shape index (κ2) is 4.13. The Morgan fingerprint density at radius 2 is 2.22 bits per heavy atom. The van der Waals surface area contributed by atoms with Crippen molar-refractivity contribution in [2.45, 2.75) is 30.5 Å². The van der Waals surface area contributed by atoms with Gasteiger partial charge in [0.25, 0.3) is 0 Å². The minimum atomic E-state index is -0.992. The summed E-state index contributed by atoms with van der Waals surface area (Å²) in [6.45, 7) is 4.86. The van der Waals surface area contributed by atoms with E-state index in [0.717, 1.165) is 11.8 Å². The van der Waals surface area contributed by atoms with Crippen LogP contribution < -0.4 is 5.69 Å². The van der Waals surface area contributed by atoms with E-state index in [1.807, 2.05) is 0 Å². The van der Waals surface area contributed by atoms with Crippen molar-refractivity contribution in [1.82, 2.24) is 19.6 Å². The Balaban J connectivity index is 2.48. The molecule has 0 aliphatic rings. The summed E-state index contributed by atoms with van der Waals surface area (Å²) in [4.78, 5) is 26.7. The zero-order chi connectivity index (χ0) is 13.5. The van der Waals surface area contributed by atoms with E-state index in [4.69, 9.17) is 5.11 Å². The third-order valence-corrected chi connectivity index (χ3v) is 3.52. The number of hydrogen-bond acceptors (Lipinski definition) is 5. The summed E-state index contributed by atoms with van der Waals surface area (Å²) < 4.78 is 0.339. The number of carbonyl (C=O) groups is 1. The predicted molar refractivity (Wildman–Crippen MR) is 65.9 cm³/mol. The van der Waals surface area contributed by atoms with Crippen LogP contribution in [-0.2, 0) is 4.79 Å². The molecule has 0 aliphatic carbocycles. The lowest BCUT2D eigenvalue weighted by Crippen LogP contribution is -2.27. The number of carboxylic acid groups (broad SMARTS) is 1. The van der Waals surface area contributed by atoms with E-state index in [9.17, 15) is 9.59 Å². The number of aromatic nitrogens is 4. The molecule has 0 saturated heterocycles. The van der Waals surface area contributed by atoms with Gasteiger partial charge in [0.1, 0.15) is 15.6 Å². The molecular formula is C10H12N4O3S. The number of fused-ring (bicyclic) bond motifs is 1. The molecule has 0 saturated carbocycles.